The van der Waals surface area contributed by atoms with Gasteiger partial charge in [-0.05, 0) is 68.5 Å². The first kappa shape index (κ1) is 32.2. The second kappa shape index (κ2) is 13.7. The zero-order valence-electron chi connectivity index (χ0n) is 23.5. The summed E-state index contributed by atoms with van der Waals surface area (Å²) in [5, 5.41) is 22.8. The molecule has 5 N–H and O–H groups in total. The molecule has 3 aliphatic rings. The number of aromatic nitrogens is 2. The molecule has 44 heavy (non-hydrogen) atoms. The lowest BCUT2D eigenvalue weighted by Crippen LogP contribution is -2.30. The van der Waals surface area contributed by atoms with Crippen molar-refractivity contribution in [3.8, 4) is 17.7 Å². The van der Waals surface area contributed by atoms with Gasteiger partial charge in [-0.3, -0.25) is 9.69 Å². The van der Waals surface area contributed by atoms with Crippen molar-refractivity contribution in [1.82, 2.24) is 15.3 Å². The molecule has 3 unspecified atom stereocenters. The number of rotatable bonds is 9. The maximum Gasteiger partial charge on any atom is 0.490 e. The number of fused-ring (bicyclic) bond motifs is 2. The van der Waals surface area contributed by atoms with E-state index in [2.05, 4.69) is 26.7 Å². The molecule has 1 saturated heterocycles. The first-order valence-corrected chi connectivity index (χ1v) is 13.6. The van der Waals surface area contributed by atoms with Gasteiger partial charge in [0, 0.05) is 6.04 Å². The molecule has 1 aliphatic carbocycles. The summed E-state index contributed by atoms with van der Waals surface area (Å²) in [5.41, 5.74) is 8.69. The van der Waals surface area contributed by atoms with Gasteiger partial charge in [-0.25, -0.2) is 19.6 Å². The summed E-state index contributed by atoms with van der Waals surface area (Å²) in [6.07, 6.45) is -2.10. The molecule has 17 heteroatoms. The lowest BCUT2D eigenvalue weighted by Gasteiger charge is -2.18. The van der Waals surface area contributed by atoms with Crippen LogP contribution in [0, 0.1) is 17.2 Å². The van der Waals surface area contributed by atoms with E-state index in [-0.39, 0.29) is 36.4 Å². The summed E-state index contributed by atoms with van der Waals surface area (Å²) in [7, 11) is 0. The maximum atomic E-state index is 12.4. The Morgan fingerprint density at radius 2 is 2.11 bits per heavy atom. The van der Waals surface area contributed by atoms with E-state index in [9.17, 15) is 28.0 Å². The quantitative estimate of drug-likeness (QED) is 0.296. The fourth-order valence-corrected chi connectivity index (χ4v) is 4.77. The standard InChI is InChI=1S/C25H29N7O5.C2HF3O2/c1-14(27)12-35-19-6-16-4-15(5-20(16)17(7-19)8-26)9-28-3-2-18-11-32(25(34)37-18)21-10-29-24-23(30-21)31-22(33)13-36-24;3-2(4,5)1(6)7/h6-7,10,14-15,18,28H,2-5,9,11-13,27H2,1H3,(H,30,31,33);(H,6,7). The van der Waals surface area contributed by atoms with Crippen LogP contribution in [0.2, 0.25) is 0 Å². The molecule has 1 aromatic heterocycles. The second-order valence-electron chi connectivity index (χ2n) is 10.4. The van der Waals surface area contributed by atoms with Gasteiger partial charge >= 0.3 is 18.2 Å². The Morgan fingerprint density at radius 3 is 2.80 bits per heavy atom. The van der Waals surface area contributed by atoms with Crippen LogP contribution < -0.4 is 30.7 Å². The van der Waals surface area contributed by atoms with Crippen LogP contribution in [0.5, 0.6) is 11.6 Å². The number of hydrogen-bond acceptors (Lipinski definition) is 11. The summed E-state index contributed by atoms with van der Waals surface area (Å²) in [5.74, 6) is -1.31. The molecule has 2 aromatic rings. The van der Waals surface area contributed by atoms with Crippen LogP contribution >= 0.6 is 0 Å². The van der Waals surface area contributed by atoms with Gasteiger partial charge in [-0.2, -0.15) is 18.4 Å². The fourth-order valence-electron chi connectivity index (χ4n) is 4.77. The summed E-state index contributed by atoms with van der Waals surface area (Å²) < 4.78 is 48.2. The van der Waals surface area contributed by atoms with Gasteiger partial charge in [0.2, 0.25) is 0 Å². The normalized spacial score (nSPS) is 19.3. The van der Waals surface area contributed by atoms with Gasteiger partial charge < -0.3 is 35.7 Å². The summed E-state index contributed by atoms with van der Waals surface area (Å²) >= 11 is 0. The Hall–Kier alpha value is -4.69. The monoisotopic (exact) mass is 621 g/mol. The van der Waals surface area contributed by atoms with Crippen molar-refractivity contribution in [2.24, 2.45) is 11.7 Å². The summed E-state index contributed by atoms with van der Waals surface area (Å²) in [6, 6.07) is 6.04. The van der Waals surface area contributed by atoms with Crippen molar-refractivity contribution in [2.75, 3.05) is 43.1 Å². The lowest BCUT2D eigenvalue weighted by atomic mass is 10.0. The highest BCUT2D eigenvalue weighted by Gasteiger charge is 2.38. The van der Waals surface area contributed by atoms with Crippen molar-refractivity contribution in [3.05, 3.63) is 35.0 Å². The minimum Gasteiger partial charge on any atom is -0.492 e. The lowest BCUT2D eigenvalue weighted by molar-refractivity contribution is -0.192. The van der Waals surface area contributed by atoms with Gasteiger partial charge in [0.1, 0.15) is 18.5 Å². The largest absolute Gasteiger partial charge is 0.492 e. The van der Waals surface area contributed by atoms with Crippen molar-refractivity contribution in [1.29, 1.82) is 5.26 Å². The molecule has 236 valence electrons. The highest BCUT2D eigenvalue weighted by molar-refractivity contribution is 5.94. The number of nitrogens with one attached hydrogen (secondary N) is 2. The number of carboxylic acids is 1. The van der Waals surface area contributed by atoms with Crippen LogP contribution in [0.25, 0.3) is 0 Å². The smallest absolute Gasteiger partial charge is 0.490 e. The molecule has 0 spiro atoms. The van der Waals surface area contributed by atoms with Crippen LogP contribution in [0.15, 0.2) is 18.3 Å². The van der Waals surface area contributed by atoms with Gasteiger partial charge in [-0.15, -0.1) is 0 Å². The number of nitrogens with zero attached hydrogens (tertiary/aromatic N) is 4. The summed E-state index contributed by atoms with van der Waals surface area (Å²) in [4.78, 5) is 42.7. The van der Waals surface area contributed by atoms with E-state index in [0.29, 0.717) is 49.2 Å². The number of amides is 2. The molecule has 0 saturated carbocycles. The topological polar surface area (TPSA) is 202 Å². The minimum atomic E-state index is -5.08. The van der Waals surface area contributed by atoms with E-state index in [4.69, 9.17) is 29.8 Å². The number of nitriles is 1. The van der Waals surface area contributed by atoms with Crippen molar-refractivity contribution in [2.45, 2.75) is 44.5 Å². The molecule has 1 aromatic carbocycles. The number of cyclic esters (lactones) is 1. The number of carbonyl (C=O) groups is 3. The third kappa shape index (κ3) is 8.23. The zero-order valence-corrected chi connectivity index (χ0v) is 23.5. The fraction of sp³-hybridized carbons (Fsp3) is 0.481. The second-order valence-corrected chi connectivity index (χ2v) is 10.4. The highest BCUT2D eigenvalue weighted by Crippen LogP contribution is 2.33. The van der Waals surface area contributed by atoms with Crippen LogP contribution in [-0.2, 0) is 27.2 Å². The Labute approximate surface area is 249 Å². The molecule has 2 aliphatic heterocycles. The van der Waals surface area contributed by atoms with Gasteiger partial charge in [-0.1, -0.05) is 0 Å². The highest BCUT2D eigenvalue weighted by atomic mass is 19.4. The Balaban J connectivity index is 0.000000566. The number of nitrogens with two attached hydrogens (primary N) is 1. The number of aliphatic carboxylic acids is 1. The van der Waals surface area contributed by atoms with Crippen molar-refractivity contribution >= 4 is 29.6 Å². The molecule has 14 nitrogen and oxygen atoms in total. The third-order valence-electron chi connectivity index (χ3n) is 6.74. The van der Waals surface area contributed by atoms with E-state index >= 15 is 0 Å². The molecule has 0 radical (unpaired) electrons. The molecule has 0 bridgehead atoms. The molecular formula is C27H30F3N7O7. The van der Waals surface area contributed by atoms with Crippen molar-refractivity contribution in [3.63, 3.8) is 0 Å². The third-order valence-corrected chi connectivity index (χ3v) is 6.74. The number of benzene rings is 1. The average Bonchev–Trinajstić information content (AvgIpc) is 3.55. The van der Waals surface area contributed by atoms with Crippen LogP contribution in [-0.4, -0.2) is 84.2 Å². The van der Waals surface area contributed by atoms with Crippen LogP contribution in [0.1, 0.15) is 30.0 Å². The number of anilines is 2. The van der Waals surface area contributed by atoms with Crippen molar-refractivity contribution < 1.29 is 46.9 Å². The number of ether oxygens (including phenoxy) is 3. The molecule has 2 amide bonds. The van der Waals surface area contributed by atoms with Gasteiger partial charge in [0.25, 0.3) is 11.8 Å². The van der Waals surface area contributed by atoms with Gasteiger partial charge in [0.15, 0.2) is 18.2 Å². The molecule has 3 atom stereocenters. The Kier molecular flexibility index (Phi) is 10.1. The summed E-state index contributed by atoms with van der Waals surface area (Å²) in [6.45, 7) is 3.97. The number of alkyl halides is 3. The molecular weight excluding hydrogens is 591 g/mol. The molecule has 1 fully saturated rings. The molecule has 3 heterocycles. The Bertz CT molecular complexity index is 1450. The Morgan fingerprint density at radius 1 is 1.36 bits per heavy atom. The number of hydrogen-bond donors (Lipinski definition) is 4. The average molecular weight is 622 g/mol. The minimum absolute atomic E-state index is 0.0786. The zero-order chi connectivity index (χ0) is 32.0. The van der Waals surface area contributed by atoms with Crippen LogP contribution in [0.3, 0.4) is 0 Å². The SMILES string of the molecule is CC(N)COc1cc(C#N)c2c(c1)CC(CNCCC1CN(c3cnc4c(n3)NC(=O)CO4)C(=O)O1)C2.O=C(O)C(F)(F)F. The number of carbonyl (C=O) groups excluding carboxylic acids is 2. The van der Waals surface area contributed by atoms with Crippen LogP contribution in [0.4, 0.5) is 29.6 Å². The predicted molar refractivity (Wildman–Crippen MR) is 146 cm³/mol. The first-order chi connectivity index (χ1) is 20.8. The van der Waals surface area contributed by atoms with Gasteiger partial charge in [0.05, 0.1) is 24.4 Å². The number of carboxylic acid groups (broad SMARTS) is 1. The first-order valence-electron chi connectivity index (χ1n) is 13.6. The van der Waals surface area contributed by atoms with E-state index in [1.165, 1.54) is 11.1 Å². The van der Waals surface area contributed by atoms with E-state index in [1.54, 1.807) is 6.07 Å². The van der Waals surface area contributed by atoms with E-state index in [0.717, 1.165) is 30.5 Å². The van der Waals surface area contributed by atoms with E-state index in [1.807, 2.05) is 13.0 Å². The molecule has 5 rings (SSSR count). The maximum absolute atomic E-state index is 12.4. The van der Waals surface area contributed by atoms with E-state index < -0.39 is 18.2 Å². The predicted octanol–water partition coefficient (Wildman–Crippen LogP) is 1.76. The number of halogens is 3.